The van der Waals surface area contributed by atoms with Crippen LogP contribution in [0, 0.1) is 5.92 Å². The zero-order valence-corrected chi connectivity index (χ0v) is 22.2. The average molecular weight is 505 g/mol. The molecule has 0 saturated carbocycles. The second kappa shape index (κ2) is 12.0. The Morgan fingerprint density at radius 2 is 1.84 bits per heavy atom. The number of fused-ring (bicyclic) bond motifs is 1. The minimum Gasteiger partial charge on any atom is -0.476 e. The number of aromatic amines is 1. The van der Waals surface area contributed by atoms with E-state index in [1.807, 2.05) is 30.5 Å². The van der Waals surface area contributed by atoms with Gasteiger partial charge in [-0.2, -0.15) is 4.99 Å². The Morgan fingerprint density at radius 3 is 2.57 bits per heavy atom. The summed E-state index contributed by atoms with van der Waals surface area (Å²) in [6.07, 6.45) is 7.72. The first kappa shape index (κ1) is 25.7. The van der Waals surface area contributed by atoms with Gasteiger partial charge in [-0.1, -0.05) is 38.5 Å². The molecule has 2 saturated heterocycles. The molecule has 198 valence electrons. The lowest BCUT2D eigenvalue weighted by atomic mass is 10.0. The number of aromatic nitrogens is 3. The summed E-state index contributed by atoms with van der Waals surface area (Å²) in [6.45, 7) is 11.6. The molecule has 8 nitrogen and oxygen atoms in total. The molecule has 0 atom stereocenters. The molecule has 0 bridgehead atoms. The summed E-state index contributed by atoms with van der Waals surface area (Å²) in [7, 11) is 0. The Labute approximate surface area is 219 Å². The van der Waals surface area contributed by atoms with Crippen molar-refractivity contribution >= 4 is 16.9 Å². The van der Waals surface area contributed by atoms with Gasteiger partial charge in [-0.3, -0.25) is 9.69 Å². The van der Waals surface area contributed by atoms with Gasteiger partial charge in [0.1, 0.15) is 6.61 Å². The van der Waals surface area contributed by atoms with Gasteiger partial charge in [0.15, 0.2) is 0 Å². The third-order valence-corrected chi connectivity index (χ3v) is 7.47. The number of hydrogen-bond acceptors (Lipinski definition) is 5. The number of pyridine rings is 1. The number of imidazole rings is 1. The molecule has 1 amide bonds. The molecule has 2 fully saturated rings. The molecule has 3 aromatic rings. The second-order valence-electron chi connectivity index (χ2n) is 10.8. The van der Waals surface area contributed by atoms with Crippen molar-refractivity contribution < 1.29 is 9.53 Å². The molecule has 0 aliphatic carbocycles. The largest absolute Gasteiger partial charge is 0.476 e. The Morgan fingerprint density at radius 1 is 1.08 bits per heavy atom. The van der Waals surface area contributed by atoms with Gasteiger partial charge in [-0.05, 0) is 56.8 Å². The summed E-state index contributed by atoms with van der Waals surface area (Å²) in [6, 6.07) is 11.5. The summed E-state index contributed by atoms with van der Waals surface area (Å²) < 4.78 is 8.30. The first-order chi connectivity index (χ1) is 18.1. The Hall–Kier alpha value is -2.97. The van der Waals surface area contributed by atoms with Crippen LogP contribution in [0.1, 0.15) is 62.4 Å². The molecule has 37 heavy (non-hydrogen) atoms. The number of hydrogen-bond donors (Lipinski definition) is 1. The topological polar surface area (TPSA) is 78.8 Å². The van der Waals surface area contributed by atoms with Gasteiger partial charge in [-0.25, -0.2) is 4.98 Å². The van der Waals surface area contributed by atoms with E-state index in [9.17, 15) is 4.79 Å². The van der Waals surface area contributed by atoms with E-state index in [0.29, 0.717) is 29.6 Å². The molecule has 2 aromatic heterocycles. The maximum Gasteiger partial charge on any atom is 0.280 e. The highest BCUT2D eigenvalue weighted by atomic mass is 16.5. The third kappa shape index (κ3) is 6.48. The van der Waals surface area contributed by atoms with Crippen molar-refractivity contribution in [3.63, 3.8) is 0 Å². The summed E-state index contributed by atoms with van der Waals surface area (Å²) >= 11 is 0. The zero-order valence-electron chi connectivity index (χ0n) is 22.2. The molecule has 4 heterocycles. The standard InChI is InChI=1S/C29H40N6O2/c1-22(2)21-34-15-11-24(12-16-34)35-26-19-27(37-18-17-33-13-7-4-8-14-33)30-20-25(26)31-29(35)32-28(36)23-9-5-3-6-10-23/h3,5-6,9-10,19-20,22,24H,4,7-8,11-18,21H2,1-2H3,(H,31,32,36). The fourth-order valence-electron chi connectivity index (χ4n) is 5.63. The van der Waals surface area contributed by atoms with E-state index in [1.54, 1.807) is 12.1 Å². The van der Waals surface area contributed by atoms with Crippen LogP contribution in [0.15, 0.2) is 47.6 Å². The van der Waals surface area contributed by atoms with Gasteiger partial charge in [0.25, 0.3) is 5.91 Å². The molecule has 2 aliphatic heterocycles. The summed E-state index contributed by atoms with van der Waals surface area (Å²) in [5.74, 6) is 1.03. The summed E-state index contributed by atoms with van der Waals surface area (Å²) in [5, 5.41) is 0. The molecule has 8 heteroatoms. The van der Waals surface area contributed by atoms with Crippen LogP contribution in [0.25, 0.3) is 11.0 Å². The highest BCUT2D eigenvalue weighted by Gasteiger charge is 2.24. The number of ether oxygens (including phenoxy) is 1. The van der Waals surface area contributed by atoms with Crippen LogP contribution in [-0.2, 0) is 0 Å². The predicted molar refractivity (Wildman–Crippen MR) is 146 cm³/mol. The highest BCUT2D eigenvalue weighted by Crippen LogP contribution is 2.26. The van der Waals surface area contributed by atoms with E-state index in [0.717, 1.165) is 63.1 Å². The normalized spacial score (nSPS) is 18.6. The van der Waals surface area contributed by atoms with Crippen molar-refractivity contribution in [2.45, 2.75) is 52.0 Å². The molecule has 1 aromatic carbocycles. The van der Waals surface area contributed by atoms with E-state index >= 15 is 0 Å². The smallest absolute Gasteiger partial charge is 0.280 e. The Balaban J connectivity index is 1.41. The van der Waals surface area contributed by atoms with E-state index in [4.69, 9.17) is 4.74 Å². The average Bonchev–Trinajstić information content (AvgIpc) is 3.27. The second-order valence-corrected chi connectivity index (χ2v) is 10.8. The maximum atomic E-state index is 13.0. The predicted octanol–water partition coefficient (Wildman–Crippen LogP) is 4.26. The lowest BCUT2D eigenvalue weighted by molar-refractivity contribution is 0.0995. The van der Waals surface area contributed by atoms with Crippen molar-refractivity contribution in [3.05, 3.63) is 53.8 Å². The number of benzene rings is 1. The van der Waals surface area contributed by atoms with Crippen LogP contribution < -0.4 is 10.4 Å². The third-order valence-electron chi connectivity index (χ3n) is 7.47. The molecule has 0 spiro atoms. The number of nitrogens with one attached hydrogen (secondary N) is 1. The lowest BCUT2D eigenvalue weighted by Gasteiger charge is -2.33. The highest BCUT2D eigenvalue weighted by molar-refractivity contribution is 5.94. The van der Waals surface area contributed by atoms with Gasteiger partial charge >= 0.3 is 0 Å². The number of carbonyl (C=O) groups excluding carboxylic acids is 1. The maximum absolute atomic E-state index is 13.0. The number of amides is 1. The van der Waals surface area contributed by atoms with Crippen LogP contribution in [0.5, 0.6) is 5.88 Å². The van der Waals surface area contributed by atoms with Gasteiger partial charge in [0, 0.05) is 43.9 Å². The minimum absolute atomic E-state index is 0.246. The van der Waals surface area contributed by atoms with Gasteiger partial charge in [-0.15, -0.1) is 0 Å². The number of likely N-dealkylation sites (tertiary alicyclic amines) is 2. The summed E-state index contributed by atoms with van der Waals surface area (Å²) in [4.78, 5) is 30.5. The minimum atomic E-state index is -0.246. The monoisotopic (exact) mass is 504 g/mol. The van der Waals surface area contributed by atoms with Crippen LogP contribution in [0.2, 0.25) is 0 Å². The van der Waals surface area contributed by atoms with Crippen molar-refractivity contribution in [2.24, 2.45) is 10.9 Å². The van der Waals surface area contributed by atoms with E-state index in [-0.39, 0.29) is 11.9 Å². The number of rotatable bonds is 8. The molecule has 5 rings (SSSR count). The molecule has 1 N–H and O–H groups in total. The van der Waals surface area contributed by atoms with Crippen LogP contribution in [-0.4, -0.2) is 76.1 Å². The van der Waals surface area contributed by atoms with Crippen LogP contribution in [0.3, 0.4) is 0 Å². The quantitative estimate of drug-likeness (QED) is 0.496. The van der Waals surface area contributed by atoms with Crippen molar-refractivity contribution in [3.8, 4) is 5.88 Å². The summed E-state index contributed by atoms with van der Waals surface area (Å²) in [5.41, 5.74) is 3.02. The number of piperidine rings is 2. The molecular weight excluding hydrogens is 464 g/mol. The molecular formula is C29H40N6O2. The number of nitrogens with zero attached hydrogens (tertiary/aromatic N) is 5. The Kier molecular flexibility index (Phi) is 8.36. The number of carbonyl (C=O) groups is 1. The first-order valence-electron chi connectivity index (χ1n) is 13.9. The van der Waals surface area contributed by atoms with Gasteiger partial charge in [0.2, 0.25) is 11.5 Å². The zero-order chi connectivity index (χ0) is 25.6. The van der Waals surface area contributed by atoms with Crippen LogP contribution in [0.4, 0.5) is 0 Å². The Bertz CT molecular complexity index is 1230. The van der Waals surface area contributed by atoms with Crippen molar-refractivity contribution in [2.75, 3.05) is 45.9 Å². The van der Waals surface area contributed by atoms with Crippen LogP contribution >= 0.6 is 0 Å². The molecule has 0 unspecified atom stereocenters. The fraction of sp³-hybridized carbons (Fsp3) is 0.552. The van der Waals surface area contributed by atoms with Gasteiger partial charge in [0.05, 0.1) is 17.2 Å². The van der Waals surface area contributed by atoms with Crippen molar-refractivity contribution in [1.82, 2.24) is 24.3 Å². The number of H-pyrrole nitrogens is 1. The SMILES string of the molecule is CC(C)CN1CCC(n2/c(=N/C(=O)c3ccccc3)[nH]c3cnc(OCCN4CCCCC4)cc32)CC1. The van der Waals surface area contributed by atoms with Gasteiger partial charge < -0.3 is 19.2 Å². The lowest BCUT2D eigenvalue weighted by Crippen LogP contribution is -2.39. The van der Waals surface area contributed by atoms with E-state index in [1.165, 1.54) is 19.3 Å². The van der Waals surface area contributed by atoms with Crippen molar-refractivity contribution in [1.29, 1.82) is 0 Å². The fourth-order valence-corrected chi connectivity index (χ4v) is 5.63. The molecule has 0 radical (unpaired) electrons. The van der Waals surface area contributed by atoms with E-state index < -0.39 is 0 Å². The first-order valence-corrected chi connectivity index (χ1v) is 13.9. The molecule has 2 aliphatic rings. The van der Waals surface area contributed by atoms with E-state index in [2.05, 4.69) is 43.2 Å².